The Hall–Kier alpha value is -2.53. The summed E-state index contributed by atoms with van der Waals surface area (Å²) in [6.45, 7) is 4.52. The van der Waals surface area contributed by atoms with Crippen molar-refractivity contribution in [3.8, 4) is 11.5 Å². The molecule has 0 aromatic heterocycles. The molecule has 1 heterocycles. The predicted octanol–water partition coefficient (Wildman–Crippen LogP) is 6.88. The Kier molecular flexibility index (Phi) is 7.04. The first-order chi connectivity index (χ1) is 15.5. The van der Waals surface area contributed by atoms with Crippen molar-refractivity contribution in [2.24, 2.45) is 4.99 Å². The molecule has 0 radical (unpaired) electrons. The number of hydrogen-bond acceptors (Lipinski definition) is 4. The summed E-state index contributed by atoms with van der Waals surface area (Å²) in [5.74, 6) is 0.625. The van der Waals surface area contributed by atoms with Crippen molar-refractivity contribution in [3.63, 3.8) is 0 Å². The van der Waals surface area contributed by atoms with Gasteiger partial charge in [-0.05, 0) is 42.7 Å². The molecule has 0 aliphatic carbocycles. The summed E-state index contributed by atoms with van der Waals surface area (Å²) < 4.78 is 5.61. The van der Waals surface area contributed by atoms with Crippen LogP contribution in [0.15, 0.2) is 65.7 Å². The van der Waals surface area contributed by atoms with Gasteiger partial charge in [-0.2, -0.15) is 0 Å². The third-order valence-corrected chi connectivity index (χ3v) is 6.26. The number of rotatable bonds is 6. The number of nitrogens with one attached hydrogen (secondary N) is 1. The number of nitrogens with zero attached hydrogens (tertiary/aromatic N) is 1. The highest BCUT2D eigenvalue weighted by atomic mass is 35.5. The summed E-state index contributed by atoms with van der Waals surface area (Å²) in [6, 6.07) is 19.3. The van der Waals surface area contributed by atoms with Gasteiger partial charge >= 0.3 is 0 Å². The Balaban J connectivity index is 1.77. The van der Waals surface area contributed by atoms with Gasteiger partial charge in [-0.15, -0.1) is 0 Å². The summed E-state index contributed by atoms with van der Waals surface area (Å²) in [5.41, 5.74) is 4.89. The minimum absolute atomic E-state index is 0.149. The van der Waals surface area contributed by atoms with Crippen molar-refractivity contribution in [3.05, 3.63) is 93.0 Å². The lowest BCUT2D eigenvalue weighted by molar-refractivity contribution is 0.313. The zero-order valence-electron chi connectivity index (χ0n) is 18.1. The lowest BCUT2D eigenvalue weighted by Gasteiger charge is -2.31. The Labute approximate surface area is 198 Å². The van der Waals surface area contributed by atoms with Crippen molar-refractivity contribution in [1.82, 2.24) is 5.32 Å². The largest absolute Gasteiger partial charge is 0.504 e. The quantitative estimate of drug-likeness (QED) is 0.414. The average Bonchev–Trinajstić information content (AvgIpc) is 2.80. The Morgan fingerprint density at radius 1 is 1.03 bits per heavy atom. The van der Waals surface area contributed by atoms with E-state index in [2.05, 4.69) is 36.5 Å². The third kappa shape index (κ3) is 4.78. The fourth-order valence-electron chi connectivity index (χ4n) is 3.99. The molecule has 1 aliphatic rings. The number of phenols is 1. The number of hydrogen-bond donors (Lipinski definition) is 2. The van der Waals surface area contributed by atoms with Crippen molar-refractivity contribution in [2.45, 2.75) is 38.9 Å². The minimum atomic E-state index is -0.380. The predicted molar refractivity (Wildman–Crippen MR) is 131 cm³/mol. The second-order valence-corrected chi connectivity index (χ2v) is 8.59. The van der Waals surface area contributed by atoms with E-state index in [-0.39, 0.29) is 18.0 Å². The van der Waals surface area contributed by atoms with Crippen LogP contribution in [0, 0.1) is 0 Å². The maximum Gasteiger partial charge on any atom is 0.162 e. The molecule has 0 unspecified atom stereocenters. The van der Waals surface area contributed by atoms with Gasteiger partial charge in [-0.3, -0.25) is 10.3 Å². The molecule has 6 heteroatoms. The first-order valence-electron chi connectivity index (χ1n) is 10.8. The van der Waals surface area contributed by atoms with E-state index in [1.807, 2.05) is 31.2 Å². The first kappa shape index (κ1) is 22.7. The van der Waals surface area contributed by atoms with Crippen LogP contribution < -0.4 is 10.1 Å². The molecule has 3 aromatic rings. The van der Waals surface area contributed by atoms with Gasteiger partial charge < -0.3 is 9.84 Å². The zero-order valence-corrected chi connectivity index (χ0v) is 19.6. The van der Waals surface area contributed by atoms with Gasteiger partial charge in [0.05, 0.1) is 6.61 Å². The molecular weight excluding hydrogens is 443 g/mol. The van der Waals surface area contributed by atoms with Crippen LogP contribution in [0.25, 0.3) is 0 Å². The Bertz CT molecular complexity index is 1130. The molecule has 0 saturated heterocycles. The Morgan fingerprint density at radius 3 is 2.50 bits per heavy atom. The number of aryl methyl sites for hydroxylation is 1. The molecule has 0 saturated carbocycles. The van der Waals surface area contributed by atoms with E-state index in [4.69, 9.17) is 32.9 Å². The highest BCUT2D eigenvalue weighted by Crippen LogP contribution is 2.40. The average molecular weight is 469 g/mol. The molecule has 32 heavy (non-hydrogen) atoms. The number of halogens is 2. The lowest BCUT2D eigenvalue weighted by Crippen LogP contribution is -2.33. The zero-order chi connectivity index (χ0) is 22.7. The van der Waals surface area contributed by atoms with Crippen LogP contribution in [0.4, 0.5) is 0 Å². The highest BCUT2D eigenvalue weighted by Gasteiger charge is 2.29. The van der Waals surface area contributed by atoms with Crippen LogP contribution in [0.2, 0.25) is 10.0 Å². The van der Waals surface area contributed by atoms with Crippen molar-refractivity contribution in [1.29, 1.82) is 0 Å². The van der Waals surface area contributed by atoms with Gasteiger partial charge in [-0.1, -0.05) is 72.6 Å². The van der Waals surface area contributed by atoms with Gasteiger partial charge in [-0.25, -0.2) is 0 Å². The fourth-order valence-corrected chi connectivity index (χ4v) is 4.50. The minimum Gasteiger partial charge on any atom is -0.504 e. The van der Waals surface area contributed by atoms with E-state index in [9.17, 15) is 5.11 Å². The topological polar surface area (TPSA) is 53.8 Å². The summed E-state index contributed by atoms with van der Waals surface area (Å²) in [6.07, 6.45) is 1.23. The van der Waals surface area contributed by atoms with E-state index >= 15 is 0 Å². The van der Waals surface area contributed by atoms with E-state index in [1.165, 1.54) is 5.56 Å². The second kappa shape index (κ2) is 9.95. The maximum atomic E-state index is 10.9. The van der Waals surface area contributed by atoms with Gasteiger partial charge in [0.25, 0.3) is 0 Å². The summed E-state index contributed by atoms with van der Waals surface area (Å²) in [7, 11) is 0. The maximum absolute atomic E-state index is 10.9. The van der Waals surface area contributed by atoms with E-state index in [0.29, 0.717) is 28.8 Å². The molecule has 3 aromatic carbocycles. The number of benzene rings is 3. The number of phenolic OH excluding ortho intramolecular Hbond substituents is 1. The van der Waals surface area contributed by atoms with E-state index < -0.39 is 0 Å². The van der Waals surface area contributed by atoms with Crippen LogP contribution in [-0.4, -0.2) is 17.4 Å². The van der Waals surface area contributed by atoms with Crippen molar-refractivity contribution >= 4 is 28.9 Å². The number of ether oxygens (including phenoxy) is 1. The number of para-hydroxylation sites is 1. The van der Waals surface area contributed by atoms with E-state index in [1.54, 1.807) is 12.1 Å². The van der Waals surface area contributed by atoms with Gasteiger partial charge in [0, 0.05) is 39.3 Å². The molecule has 1 aliphatic heterocycles. The molecule has 0 amide bonds. The lowest BCUT2D eigenvalue weighted by atomic mass is 9.93. The molecule has 0 bridgehead atoms. The highest BCUT2D eigenvalue weighted by molar-refractivity contribution is 6.35. The molecule has 2 N–H and O–H groups in total. The number of aliphatic imine (C=N–C) groups is 1. The monoisotopic (exact) mass is 468 g/mol. The summed E-state index contributed by atoms with van der Waals surface area (Å²) >= 11 is 12.6. The van der Waals surface area contributed by atoms with Crippen LogP contribution in [0.5, 0.6) is 11.5 Å². The van der Waals surface area contributed by atoms with Crippen molar-refractivity contribution in [2.75, 3.05) is 6.61 Å². The molecule has 0 spiro atoms. The normalized spacial score (nSPS) is 18.3. The van der Waals surface area contributed by atoms with E-state index in [0.717, 1.165) is 28.8 Å². The van der Waals surface area contributed by atoms with Crippen LogP contribution in [0.3, 0.4) is 0 Å². The second-order valence-electron chi connectivity index (χ2n) is 7.75. The van der Waals surface area contributed by atoms with Gasteiger partial charge in [0.1, 0.15) is 6.17 Å². The van der Waals surface area contributed by atoms with Crippen LogP contribution in [0.1, 0.15) is 54.7 Å². The molecule has 4 rings (SSSR count). The molecule has 166 valence electrons. The Morgan fingerprint density at radius 2 is 1.81 bits per heavy atom. The third-order valence-electron chi connectivity index (χ3n) is 5.70. The van der Waals surface area contributed by atoms with Crippen LogP contribution >= 0.6 is 23.2 Å². The molecule has 4 nitrogen and oxygen atoms in total. The van der Waals surface area contributed by atoms with Crippen molar-refractivity contribution < 1.29 is 9.84 Å². The first-order valence-corrected chi connectivity index (χ1v) is 11.6. The van der Waals surface area contributed by atoms with Crippen LogP contribution in [-0.2, 0) is 6.42 Å². The molecular formula is C26H26Cl2N2O2. The summed E-state index contributed by atoms with van der Waals surface area (Å²) in [5, 5.41) is 15.6. The molecule has 2 atom stereocenters. The fraction of sp³-hybridized carbons (Fsp3) is 0.269. The van der Waals surface area contributed by atoms with Gasteiger partial charge in [0.2, 0.25) is 0 Å². The SMILES string of the molecule is CCOc1cccc([C@@H]2CC(c3ccc(CC)cc3)=N[C@@H](c3ccc(Cl)cc3Cl)N2)c1O. The molecule has 0 fully saturated rings. The van der Waals surface area contributed by atoms with Gasteiger partial charge in [0.15, 0.2) is 11.5 Å². The standard InChI is InChI=1S/C26H26Cl2N2O2/c1-3-16-8-10-17(11-9-16)22-15-23(20-6-5-7-24(25(20)31)32-4-2)30-26(29-22)19-13-12-18(27)14-21(19)28/h5-14,23,26,30-31H,3-4,15H2,1-2H3/t23-,26+/m0/s1. The summed E-state index contributed by atoms with van der Waals surface area (Å²) in [4.78, 5) is 5.00. The number of aromatic hydroxyl groups is 1. The smallest absolute Gasteiger partial charge is 0.162 e.